The molecule has 1 heterocycles. The largest absolute Gasteiger partial charge is 0.475 e. The van der Waals surface area contributed by atoms with Crippen LogP contribution in [-0.4, -0.2) is 19.5 Å². The molecule has 0 saturated carbocycles. The van der Waals surface area contributed by atoms with E-state index in [1.165, 1.54) is 0 Å². The van der Waals surface area contributed by atoms with Gasteiger partial charge in [-0.3, -0.25) is 0 Å². The Hall–Kier alpha value is -1.64. The van der Waals surface area contributed by atoms with Gasteiger partial charge in [0.2, 0.25) is 15.8 Å². The minimum Gasteiger partial charge on any atom is -0.475 e. The molecule has 1 aliphatic rings. The highest BCUT2D eigenvalue weighted by Gasteiger charge is 2.30. The van der Waals surface area contributed by atoms with E-state index in [9.17, 15) is 13.2 Å². The summed E-state index contributed by atoms with van der Waals surface area (Å²) in [5, 5.41) is 8.87. The summed E-state index contributed by atoms with van der Waals surface area (Å²) in [4.78, 5) is 10.7. The van der Waals surface area contributed by atoms with Crippen LogP contribution in [0, 0.1) is 0 Å². The molecule has 2 aromatic rings. The number of halogens is 1. The molecule has 8 heteroatoms. The third-order valence-corrected chi connectivity index (χ3v) is 5.91. The van der Waals surface area contributed by atoms with Crippen molar-refractivity contribution in [3.63, 3.8) is 0 Å². The molecule has 1 unspecified atom stereocenters. The van der Waals surface area contributed by atoms with Crippen molar-refractivity contribution in [1.82, 2.24) is 4.72 Å². The molecule has 0 spiro atoms. The number of aromatic carboxylic acids is 1. The third kappa shape index (κ3) is 2.69. The molecule has 0 bridgehead atoms. The van der Waals surface area contributed by atoms with Gasteiger partial charge in [0.25, 0.3) is 0 Å². The Labute approximate surface area is 135 Å². The highest BCUT2D eigenvalue weighted by Crippen LogP contribution is 2.33. The first kappa shape index (κ1) is 15.3. The molecular formula is C14H12BrNO5S. The van der Waals surface area contributed by atoms with Crippen LogP contribution in [0.1, 0.15) is 34.1 Å². The summed E-state index contributed by atoms with van der Waals surface area (Å²) in [6.07, 6.45) is 1.47. The molecule has 0 fully saturated rings. The Kier molecular flexibility index (Phi) is 3.84. The third-order valence-electron chi connectivity index (χ3n) is 3.59. The second-order valence-corrected chi connectivity index (χ2v) is 7.37. The lowest BCUT2D eigenvalue weighted by atomic mass is 10.1. The van der Waals surface area contributed by atoms with Crippen LogP contribution in [0.2, 0.25) is 0 Å². The van der Waals surface area contributed by atoms with Gasteiger partial charge in [-0.1, -0.05) is 24.3 Å². The average Bonchev–Trinajstić information content (AvgIpc) is 3.03. The van der Waals surface area contributed by atoms with Gasteiger partial charge in [-0.05, 0) is 39.9 Å². The zero-order valence-corrected chi connectivity index (χ0v) is 13.6. The van der Waals surface area contributed by atoms with Crippen LogP contribution in [0.25, 0.3) is 0 Å². The number of fused-ring (bicyclic) bond motifs is 1. The van der Waals surface area contributed by atoms with Gasteiger partial charge in [-0.25, -0.2) is 17.9 Å². The zero-order valence-electron chi connectivity index (χ0n) is 11.2. The molecule has 2 N–H and O–H groups in total. The van der Waals surface area contributed by atoms with Gasteiger partial charge in [-0.2, -0.15) is 0 Å². The Morgan fingerprint density at radius 2 is 2.09 bits per heavy atom. The number of benzene rings is 1. The molecule has 22 heavy (non-hydrogen) atoms. The summed E-state index contributed by atoms with van der Waals surface area (Å²) in [7, 11) is -3.88. The number of hydrogen-bond donors (Lipinski definition) is 2. The summed E-state index contributed by atoms with van der Waals surface area (Å²) < 4.78 is 32.3. The quantitative estimate of drug-likeness (QED) is 0.842. The van der Waals surface area contributed by atoms with E-state index in [4.69, 9.17) is 9.52 Å². The van der Waals surface area contributed by atoms with Gasteiger partial charge in [0.15, 0.2) is 4.67 Å². The van der Waals surface area contributed by atoms with E-state index in [1.54, 1.807) is 0 Å². The van der Waals surface area contributed by atoms with Crippen LogP contribution in [0.3, 0.4) is 0 Å². The van der Waals surface area contributed by atoms with Crippen molar-refractivity contribution in [3.05, 3.63) is 51.9 Å². The van der Waals surface area contributed by atoms with Crippen molar-refractivity contribution in [3.8, 4) is 0 Å². The van der Waals surface area contributed by atoms with Crippen molar-refractivity contribution in [1.29, 1.82) is 0 Å². The fraction of sp³-hybridized carbons (Fsp3) is 0.214. The van der Waals surface area contributed by atoms with Crippen LogP contribution in [0.4, 0.5) is 0 Å². The predicted octanol–water partition coefficient (Wildman–Crippen LogP) is 2.71. The van der Waals surface area contributed by atoms with E-state index in [0.717, 1.165) is 23.6 Å². The van der Waals surface area contributed by atoms with Crippen LogP contribution in [0.15, 0.2) is 44.3 Å². The van der Waals surface area contributed by atoms with E-state index >= 15 is 0 Å². The first-order chi connectivity index (χ1) is 10.4. The first-order valence-electron chi connectivity index (χ1n) is 6.51. The number of aryl methyl sites for hydroxylation is 1. The molecule has 1 aromatic carbocycles. The minimum atomic E-state index is -3.88. The van der Waals surface area contributed by atoms with Gasteiger partial charge in [-0.15, -0.1) is 0 Å². The maximum atomic E-state index is 12.5. The molecular weight excluding hydrogens is 374 g/mol. The molecule has 6 nitrogen and oxygen atoms in total. The number of rotatable bonds is 4. The topological polar surface area (TPSA) is 96.6 Å². The molecule has 0 aliphatic heterocycles. The Balaban J connectivity index is 1.91. The number of carboxylic acids is 1. The molecule has 3 rings (SSSR count). The van der Waals surface area contributed by atoms with Crippen molar-refractivity contribution in [2.45, 2.75) is 23.8 Å². The second kappa shape index (κ2) is 5.53. The lowest BCUT2D eigenvalue weighted by Crippen LogP contribution is -2.27. The Morgan fingerprint density at radius 3 is 2.77 bits per heavy atom. The monoisotopic (exact) mass is 385 g/mol. The first-order valence-corrected chi connectivity index (χ1v) is 8.79. The number of hydrogen-bond acceptors (Lipinski definition) is 4. The normalized spacial score (nSPS) is 17.4. The summed E-state index contributed by atoms with van der Waals surface area (Å²) in [5.41, 5.74) is 2.07. The van der Waals surface area contributed by atoms with Crippen LogP contribution in [-0.2, 0) is 16.4 Å². The van der Waals surface area contributed by atoms with Gasteiger partial charge in [0, 0.05) is 12.1 Å². The standard InChI is InChI=1S/C14H12BrNO5S/c15-13-12(7-11(21-13)14(17)18)22(19,20)16-10-6-5-8-3-1-2-4-9(8)10/h1-4,7,10,16H,5-6H2,(H,17,18). The minimum absolute atomic E-state index is 0.122. The lowest BCUT2D eigenvalue weighted by Gasteiger charge is -2.13. The molecule has 0 amide bonds. The zero-order chi connectivity index (χ0) is 15.9. The van der Waals surface area contributed by atoms with Crippen molar-refractivity contribution < 1.29 is 22.7 Å². The smallest absolute Gasteiger partial charge is 0.371 e. The maximum absolute atomic E-state index is 12.5. The van der Waals surface area contributed by atoms with Crippen molar-refractivity contribution in [2.24, 2.45) is 0 Å². The van der Waals surface area contributed by atoms with Gasteiger partial charge in [0.1, 0.15) is 4.90 Å². The fourth-order valence-electron chi connectivity index (χ4n) is 2.57. The molecule has 116 valence electrons. The van der Waals surface area contributed by atoms with Gasteiger partial charge >= 0.3 is 5.97 Å². The number of sulfonamides is 1. The highest BCUT2D eigenvalue weighted by atomic mass is 79.9. The Bertz CT molecular complexity index is 843. The van der Waals surface area contributed by atoms with E-state index in [0.29, 0.717) is 6.42 Å². The van der Waals surface area contributed by atoms with Gasteiger partial charge < -0.3 is 9.52 Å². The van der Waals surface area contributed by atoms with Crippen LogP contribution in [0.5, 0.6) is 0 Å². The molecule has 0 saturated heterocycles. The molecule has 1 aromatic heterocycles. The van der Waals surface area contributed by atoms with Gasteiger partial charge in [0.05, 0.1) is 0 Å². The fourth-order valence-corrected chi connectivity index (χ4v) is 4.76. The number of carbonyl (C=O) groups is 1. The summed E-state index contributed by atoms with van der Waals surface area (Å²) >= 11 is 2.95. The summed E-state index contributed by atoms with van der Waals surface area (Å²) in [5.74, 6) is -1.76. The maximum Gasteiger partial charge on any atom is 0.371 e. The van der Waals surface area contributed by atoms with E-state index < -0.39 is 21.8 Å². The second-order valence-electron chi connectivity index (χ2n) is 4.97. The van der Waals surface area contributed by atoms with E-state index in [1.807, 2.05) is 24.3 Å². The molecule has 0 radical (unpaired) electrons. The molecule has 1 atom stereocenters. The van der Waals surface area contributed by atoms with Crippen molar-refractivity contribution in [2.75, 3.05) is 0 Å². The van der Waals surface area contributed by atoms with Crippen LogP contribution < -0.4 is 4.72 Å². The van der Waals surface area contributed by atoms with E-state index in [-0.39, 0.29) is 15.6 Å². The Morgan fingerprint density at radius 1 is 1.36 bits per heavy atom. The summed E-state index contributed by atoms with van der Waals surface area (Å²) in [6.45, 7) is 0. The number of carboxylic acid groups (broad SMARTS) is 1. The number of nitrogens with one attached hydrogen (secondary N) is 1. The highest BCUT2D eigenvalue weighted by molar-refractivity contribution is 9.10. The SMILES string of the molecule is O=C(O)c1cc(S(=O)(=O)NC2CCc3ccccc32)c(Br)o1. The predicted molar refractivity (Wildman–Crippen MR) is 81.2 cm³/mol. The molecule has 1 aliphatic carbocycles. The van der Waals surface area contributed by atoms with Crippen molar-refractivity contribution >= 4 is 31.9 Å². The summed E-state index contributed by atoms with van der Waals surface area (Å²) in [6, 6.07) is 8.32. The van der Waals surface area contributed by atoms with E-state index in [2.05, 4.69) is 20.7 Å². The number of furan rings is 1. The van der Waals surface area contributed by atoms with Crippen LogP contribution >= 0.6 is 15.9 Å². The lowest BCUT2D eigenvalue weighted by molar-refractivity contribution is 0.0661. The average molecular weight is 386 g/mol.